The smallest absolute Gasteiger partial charge is 0.225 e. The van der Waals surface area contributed by atoms with Crippen molar-refractivity contribution in [3.05, 3.63) is 0 Å². The lowest BCUT2D eigenvalue weighted by atomic mass is 9.94. The molecular formula is C19H34N4O2. The average Bonchev–Trinajstić information content (AvgIpc) is 3.03. The molecule has 0 aromatic heterocycles. The number of likely N-dealkylation sites (N-methyl/N-ethyl adjacent to an activating group) is 1. The number of carbonyl (C=O) groups excluding carboxylic acids is 2. The number of carbonyl (C=O) groups is 2. The lowest BCUT2D eigenvalue weighted by Crippen LogP contribution is -2.45. The molecule has 0 aromatic rings. The third kappa shape index (κ3) is 5.17. The monoisotopic (exact) mass is 350 g/mol. The van der Waals surface area contributed by atoms with Crippen molar-refractivity contribution in [3.63, 3.8) is 0 Å². The van der Waals surface area contributed by atoms with Crippen LogP contribution in [0.2, 0.25) is 0 Å². The number of hydrogen-bond donors (Lipinski definition) is 1. The molecule has 2 aliphatic heterocycles. The normalized spacial score (nSPS) is 27.0. The van der Waals surface area contributed by atoms with Gasteiger partial charge in [0, 0.05) is 51.7 Å². The van der Waals surface area contributed by atoms with E-state index in [1.807, 2.05) is 4.90 Å². The maximum Gasteiger partial charge on any atom is 0.225 e. The Morgan fingerprint density at radius 3 is 2.56 bits per heavy atom. The van der Waals surface area contributed by atoms with Crippen LogP contribution in [0.15, 0.2) is 0 Å². The van der Waals surface area contributed by atoms with E-state index < -0.39 is 0 Å². The SMILES string of the molecule is CN1CCN(CCCNC(=O)[C@H]2CC(=O)N(C3CCCCC3)C2)CC1. The highest BCUT2D eigenvalue weighted by atomic mass is 16.2. The van der Waals surface area contributed by atoms with Crippen LogP contribution in [-0.2, 0) is 9.59 Å². The molecule has 1 atom stereocenters. The Balaban J connectivity index is 1.33. The minimum atomic E-state index is -0.141. The van der Waals surface area contributed by atoms with E-state index in [9.17, 15) is 9.59 Å². The third-order valence-corrected chi connectivity index (χ3v) is 6.09. The summed E-state index contributed by atoms with van der Waals surface area (Å²) >= 11 is 0. The molecule has 142 valence electrons. The van der Waals surface area contributed by atoms with Gasteiger partial charge in [0.05, 0.1) is 5.92 Å². The maximum atomic E-state index is 12.4. The molecule has 6 nitrogen and oxygen atoms in total. The van der Waals surface area contributed by atoms with Gasteiger partial charge in [-0.15, -0.1) is 0 Å². The minimum Gasteiger partial charge on any atom is -0.356 e. The number of piperazine rings is 1. The van der Waals surface area contributed by atoms with Gasteiger partial charge in [0.2, 0.25) is 11.8 Å². The predicted molar refractivity (Wildman–Crippen MR) is 98.3 cm³/mol. The van der Waals surface area contributed by atoms with Crippen molar-refractivity contribution in [1.82, 2.24) is 20.0 Å². The highest BCUT2D eigenvalue weighted by Gasteiger charge is 2.37. The molecule has 0 unspecified atom stereocenters. The van der Waals surface area contributed by atoms with Crippen LogP contribution in [0.25, 0.3) is 0 Å². The Labute approximate surface area is 151 Å². The molecular weight excluding hydrogens is 316 g/mol. The van der Waals surface area contributed by atoms with Gasteiger partial charge in [-0.3, -0.25) is 9.59 Å². The molecule has 25 heavy (non-hydrogen) atoms. The second-order valence-corrected chi connectivity index (χ2v) is 8.03. The molecule has 0 bridgehead atoms. The van der Waals surface area contributed by atoms with E-state index in [0.717, 1.165) is 58.5 Å². The lowest BCUT2D eigenvalue weighted by molar-refractivity contribution is -0.130. The van der Waals surface area contributed by atoms with Gasteiger partial charge in [-0.1, -0.05) is 19.3 Å². The van der Waals surface area contributed by atoms with E-state index >= 15 is 0 Å². The first-order chi connectivity index (χ1) is 12.1. The summed E-state index contributed by atoms with van der Waals surface area (Å²) in [5.41, 5.74) is 0. The first-order valence-electron chi connectivity index (χ1n) is 10.1. The number of nitrogens with one attached hydrogen (secondary N) is 1. The predicted octanol–water partition coefficient (Wildman–Crippen LogP) is 0.921. The highest BCUT2D eigenvalue weighted by Crippen LogP contribution is 2.28. The Morgan fingerprint density at radius 1 is 1.12 bits per heavy atom. The molecule has 1 N–H and O–H groups in total. The third-order valence-electron chi connectivity index (χ3n) is 6.09. The van der Waals surface area contributed by atoms with Crippen LogP contribution in [0.4, 0.5) is 0 Å². The topological polar surface area (TPSA) is 55.9 Å². The standard InChI is InChI=1S/C19H34N4O2/c1-21-10-12-22(13-11-21)9-5-8-20-19(25)16-14-18(24)23(15-16)17-6-3-2-4-7-17/h16-17H,2-15H2,1H3,(H,20,25)/t16-/m0/s1. The summed E-state index contributed by atoms with van der Waals surface area (Å²) in [6.07, 6.45) is 7.35. The van der Waals surface area contributed by atoms with Crippen LogP contribution in [0.5, 0.6) is 0 Å². The molecule has 3 aliphatic rings. The molecule has 6 heteroatoms. The van der Waals surface area contributed by atoms with E-state index in [2.05, 4.69) is 22.2 Å². The van der Waals surface area contributed by atoms with E-state index in [-0.39, 0.29) is 17.7 Å². The Bertz CT molecular complexity index is 456. The Kier molecular flexibility index (Phi) is 6.70. The second-order valence-electron chi connectivity index (χ2n) is 8.03. The van der Waals surface area contributed by atoms with Crippen molar-refractivity contribution in [2.45, 2.75) is 51.0 Å². The first-order valence-corrected chi connectivity index (χ1v) is 10.1. The van der Waals surface area contributed by atoms with Crippen LogP contribution >= 0.6 is 0 Å². The van der Waals surface area contributed by atoms with Crippen molar-refractivity contribution >= 4 is 11.8 Å². The zero-order valence-electron chi connectivity index (χ0n) is 15.7. The van der Waals surface area contributed by atoms with Gasteiger partial charge in [-0.25, -0.2) is 0 Å². The van der Waals surface area contributed by atoms with E-state index in [0.29, 0.717) is 19.0 Å². The minimum absolute atomic E-state index is 0.0741. The quantitative estimate of drug-likeness (QED) is 0.724. The fourth-order valence-corrected chi connectivity index (χ4v) is 4.38. The molecule has 0 aromatic carbocycles. The van der Waals surface area contributed by atoms with Gasteiger partial charge in [0.1, 0.15) is 0 Å². The van der Waals surface area contributed by atoms with Crippen molar-refractivity contribution in [1.29, 1.82) is 0 Å². The second kappa shape index (κ2) is 8.99. The molecule has 2 saturated heterocycles. The number of rotatable bonds is 6. The molecule has 1 saturated carbocycles. The number of likely N-dealkylation sites (tertiary alicyclic amines) is 1. The van der Waals surface area contributed by atoms with E-state index in [4.69, 9.17) is 0 Å². The van der Waals surface area contributed by atoms with Crippen molar-refractivity contribution < 1.29 is 9.59 Å². The van der Waals surface area contributed by atoms with Crippen LogP contribution in [0, 0.1) is 5.92 Å². The van der Waals surface area contributed by atoms with Crippen molar-refractivity contribution in [2.75, 3.05) is 52.9 Å². The summed E-state index contributed by atoms with van der Waals surface area (Å²) in [4.78, 5) is 31.5. The van der Waals surface area contributed by atoms with Gasteiger partial charge < -0.3 is 20.0 Å². The molecule has 3 rings (SSSR count). The number of hydrogen-bond acceptors (Lipinski definition) is 4. The van der Waals surface area contributed by atoms with Crippen LogP contribution < -0.4 is 5.32 Å². The van der Waals surface area contributed by atoms with Crippen molar-refractivity contribution in [2.24, 2.45) is 5.92 Å². The van der Waals surface area contributed by atoms with Crippen LogP contribution in [0.3, 0.4) is 0 Å². The number of nitrogens with zero attached hydrogens (tertiary/aromatic N) is 3. The average molecular weight is 351 g/mol. The molecule has 0 radical (unpaired) electrons. The summed E-state index contributed by atoms with van der Waals surface area (Å²) in [5, 5.41) is 3.06. The molecule has 2 amide bonds. The van der Waals surface area contributed by atoms with Gasteiger partial charge >= 0.3 is 0 Å². The molecule has 2 heterocycles. The van der Waals surface area contributed by atoms with E-state index in [1.54, 1.807) is 0 Å². The zero-order valence-corrected chi connectivity index (χ0v) is 15.7. The zero-order chi connectivity index (χ0) is 17.6. The molecule has 1 aliphatic carbocycles. The lowest BCUT2D eigenvalue weighted by Gasteiger charge is -2.32. The summed E-state index contributed by atoms with van der Waals surface area (Å²) in [5.74, 6) is 0.118. The summed E-state index contributed by atoms with van der Waals surface area (Å²) in [6, 6.07) is 0.385. The molecule has 3 fully saturated rings. The van der Waals surface area contributed by atoms with Gasteiger partial charge in [-0.05, 0) is 32.9 Å². The first kappa shape index (κ1) is 18.6. The Hall–Kier alpha value is -1.14. The summed E-state index contributed by atoms with van der Waals surface area (Å²) in [6.45, 7) is 6.91. The number of amides is 2. The summed E-state index contributed by atoms with van der Waals surface area (Å²) in [7, 11) is 2.16. The van der Waals surface area contributed by atoms with Crippen LogP contribution in [-0.4, -0.2) is 85.4 Å². The Morgan fingerprint density at radius 2 is 1.84 bits per heavy atom. The molecule has 0 spiro atoms. The largest absolute Gasteiger partial charge is 0.356 e. The van der Waals surface area contributed by atoms with Gasteiger partial charge in [0.25, 0.3) is 0 Å². The van der Waals surface area contributed by atoms with Gasteiger partial charge in [0.15, 0.2) is 0 Å². The summed E-state index contributed by atoms with van der Waals surface area (Å²) < 4.78 is 0. The van der Waals surface area contributed by atoms with Crippen molar-refractivity contribution in [3.8, 4) is 0 Å². The van der Waals surface area contributed by atoms with E-state index in [1.165, 1.54) is 19.3 Å². The fourth-order valence-electron chi connectivity index (χ4n) is 4.38. The highest BCUT2D eigenvalue weighted by molar-refractivity contribution is 5.89. The maximum absolute atomic E-state index is 12.4. The van der Waals surface area contributed by atoms with Gasteiger partial charge in [-0.2, -0.15) is 0 Å². The van der Waals surface area contributed by atoms with Crippen LogP contribution in [0.1, 0.15) is 44.9 Å². The fraction of sp³-hybridized carbons (Fsp3) is 0.895.